The van der Waals surface area contributed by atoms with Gasteiger partial charge in [0.25, 0.3) is 5.91 Å². The Morgan fingerprint density at radius 3 is 2.70 bits per heavy atom. The predicted octanol–water partition coefficient (Wildman–Crippen LogP) is 1.28. The van der Waals surface area contributed by atoms with Gasteiger partial charge in [0.05, 0.1) is 23.3 Å². The molecule has 0 bridgehead atoms. The van der Waals surface area contributed by atoms with E-state index in [9.17, 15) is 4.79 Å². The highest BCUT2D eigenvalue weighted by molar-refractivity contribution is 5.92. The Labute approximate surface area is 133 Å². The van der Waals surface area contributed by atoms with Crippen LogP contribution < -0.4 is 5.32 Å². The van der Waals surface area contributed by atoms with Crippen molar-refractivity contribution in [2.45, 2.75) is 13.3 Å². The zero-order chi connectivity index (χ0) is 16.2. The van der Waals surface area contributed by atoms with Gasteiger partial charge in [-0.15, -0.1) is 0 Å². The molecule has 0 radical (unpaired) electrons. The molecule has 3 aromatic rings. The van der Waals surface area contributed by atoms with Crippen LogP contribution in [0, 0.1) is 6.92 Å². The summed E-state index contributed by atoms with van der Waals surface area (Å²) < 4.78 is 1.58. The number of hydrogen-bond donors (Lipinski definition) is 1. The predicted molar refractivity (Wildman–Crippen MR) is 85.3 cm³/mol. The fraction of sp³-hybridized carbons (Fsp3) is 0.250. The highest BCUT2D eigenvalue weighted by atomic mass is 16.2. The summed E-state index contributed by atoms with van der Waals surface area (Å²) in [5.74, 6) is -0.136. The Kier molecular flexibility index (Phi) is 4.18. The van der Waals surface area contributed by atoms with Crippen molar-refractivity contribution in [1.29, 1.82) is 0 Å². The summed E-state index contributed by atoms with van der Waals surface area (Å²) in [5.41, 5.74) is 3.11. The summed E-state index contributed by atoms with van der Waals surface area (Å²) in [6.45, 7) is 2.36. The third-order valence-electron chi connectivity index (χ3n) is 3.43. The molecule has 1 amide bonds. The number of aromatic nitrogens is 5. The molecule has 0 fully saturated rings. The summed E-state index contributed by atoms with van der Waals surface area (Å²) in [6, 6.07) is 11.5. The van der Waals surface area contributed by atoms with Crippen LogP contribution in [0.15, 0.2) is 42.6 Å². The van der Waals surface area contributed by atoms with Gasteiger partial charge in [0.2, 0.25) is 0 Å². The standard InChI is InChI=1S/C16H18N6O/c1-12-10-15(21(2)19-12)16(23)17-9-8-13-11-18-22(20-13)14-6-4-3-5-7-14/h3-7,10-11H,8-9H2,1-2H3,(H,17,23). The molecule has 0 aliphatic carbocycles. The minimum atomic E-state index is -0.136. The van der Waals surface area contributed by atoms with Gasteiger partial charge in [-0.05, 0) is 25.1 Å². The summed E-state index contributed by atoms with van der Waals surface area (Å²) in [6.07, 6.45) is 2.34. The van der Waals surface area contributed by atoms with Gasteiger partial charge in [-0.25, -0.2) is 0 Å². The fourth-order valence-corrected chi connectivity index (χ4v) is 2.31. The molecule has 0 aliphatic rings. The maximum atomic E-state index is 12.1. The lowest BCUT2D eigenvalue weighted by Crippen LogP contribution is -2.27. The highest BCUT2D eigenvalue weighted by Crippen LogP contribution is 2.05. The Hall–Kier alpha value is -2.96. The van der Waals surface area contributed by atoms with Crippen LogP contribution in [-0.2, 0) is 13.5 Å². The molecule has 7 nitrogen and oxygen atoms in total. The molecule has 3 rings (SSSR count). The van der Waals surface area contributed by atoms with E-state index in [1.807, 2.05) is 37.3 Å². The van der Waals surface area contributed by atoms with E-state index >= 15 is 0 Å². The monoisotopic (exact) mass is 310 g/mol. The van der Waals surface area contributed by atoms with Crippen molar-refractivity contribution in [3.05, 3.63) is 59.7 Å². The van der Waals surface area contributed by atoms with Crippen molar-refractivity contribution in [2.75, 3.05) is 6.54 Å². The molecule has 118 valence electrons. The molecule has 0 spiro atoms. The molecule has 0 aliphatic heterocycles. The van der Waals surface area contributed by atoms with Crippen molar-refractivity contribution < 1.29 is 4.79 Å². The summed E-state index contributed by atoms with van der Waals surface area (Å²) in [7, 11) is 1.76. The van der Waals surface area contributed by atoms with Crippen LogP contribution in [0.2, 0.25) is 0 Å². The number of aryl methyl sites for hydroxylation is 2. The topological polar surface area (TPSA) is 77.6 Å². The first kappa shape index (κ1) is 15.0. The van der Waals surface area contributed by atoms with Gasteiger partial charge in [-0.2, -0.15) is 20.1 Å². The van der Waals surface area contributed by atoms with E-state index in [0.29, 0.717) is 18.7 Å². The van der Waals surface area contributed by atoms with E-state index in [1.165, 1.54) is 0 Å². The second-order valence-corrected chi connectivity index (χ2v) is 5.26. The molecule has 2 aromatic heterocycles. The molecule has 7 heteroatoms. The van der Waals surface area contributed by atoms with Crippen LogP contribution in [0.4, 0.5) is 0 Å². The Morgan fingerprint density at radius 2 is 2.00 bits per heavy atom. The normalized spacial score (nSPS) is 10.7. The molecule has 1 N–H and O–H groups in total. The number of rotatable bonds is 5. The Bertz CT molecular complexity index is 805. The van der Waals surface area contributed by atoms with Crippen molar-refractivity contribution in [3.8, 4) is 5.69 Å². The van der Waals surface area contributed by atoms with Crippen molar-refractivity contribution >= 4 is 5.91 Å². The summed E-state index contributed by atoms with van der Waals surface area (Å²) in [4.78, 5) is 13.7. The lowest BCUT2D eigenvalue weighted by atomic mass is 10.3. The van der Waals surface area contributed by atoms with Crippen molar-refractivity contribution in [1.82, 2.24) is 30.1 Å². The quantitative estimate of drug-likeness (QED) is 0.770. The van der Waals surface area contributed by atoms with Crippen LogP contribution in [0.5, 0.6) is 0 Å². The first-order valence-electron chi connectivity index (χ1n) is 7.39. The van der Waals surface area contributed by atoms with Crippen LogP contribution >= 0.6 is 0 Å². The molecule has 0 saturated heterocycles. The van der Waals surface area contributed by atoms with E-state index in [4.69, 9.17) is 0 Å². The first-order chi connectivity index (χ1) is 11.1. The lowest BCUT2D eigenvalue weighted by Gasteiger charge is -2.03. The molecular weight excluding hydrogens is 292 g/mol. The Balaban J connectivity index is 1.56. The number of nitrogens with zero attached hydrogens (tertiary/aromatic N) is 5. The van der Waals surface area contributed by atoms with Crippen LogP contribution in [0.3, 0.4) is 0 Å². The van der Waals surface area contributed by atoms with Crippen LogP contribution in [0.1, 0.15) is 21.9 Å². The van der Waals surface area contributed by atoms with Gasteiger partial charge in [0.1, 0.15) is 5.69 Å². The zero-order valence-electron chi connectivity index (χ0n) is 13.1. The lowest BCUT2D eigenvalue weighted by molar-refractivity contribution is 0.0944. The summed E-state index contributed by atoms with van der Waals surface area (Å²) >= 11 is 0. The van der Waals surface area contributed by atoms with Gasteiger partial charge < -0.3 is 5.32 Å². The highest BCUT2D eigenvalue weighted by Gasteiger charge is 2.11. The summed E-state index contributed by atoms with van der Waals surface area (Å²) in [5, 5.41) is 15.7. The van der Waals surface area contributed by atoms with E-state index in [1.54, 1.807) is 28.8 Å². The number of carbonyl (C=O) groups is 1. The number of hydrogen-bond acceptors (Lipinski definition) is 4. The first-order valence-corrected chi connectivity index (χ1v) is 7.39. The van der Waals surface area contributed by atoms with Gasteiger partial charge in [0.15, 0.2) is 0 Å². The Morgan fingerprint density at radius 1 is 1.22 bits per heavy atom. The van der Waals surface area contributed by atoms with E-state index in [0.717, 1.165) is 17.1 Å². The van der Waals surface area contributed by atoms with E-state index in [2.05, 4.69) is 20.6 Å². The molecule has 2 heterocycles. The second kappa shape index (κ2) is 6.43. The molecule has 1 aromatic carbocycles. The molecule has 0 saturated carbocycles. The van der Waals surface area contributed by atoms with Gasteiger partial charge >= 0.3 is 0 Å². The maximum Gasteiger partial charge on any atom is 0.269 e. The van der Waals surface area contributed by atoms with Crippen LogP contribution in [0.25, 0.3) is 5.69 Å². The number of para-hydroxylation sites is 1. The SMILES string of the molecule is Cc1cc(C(=O)NCCc2cnn(-c3ccccc3)n2)n(C)n1. The van der Waals surface area contributed by atoms with Crippen molar-refractivity contribution in [3.63, 3.8) is 0 Å². The smallest absolute Gasteiger partial charge is 0.269 e. The largest absolute Gasteiger partial charge is 0.350 e. The van der Waals surface area contributed by atoms with Crippen LogP contribution in [-0.4, -0.2) is 37.2 Å². The van der Waals surface area contributed by atoms with E-state index in [-0.39, 0.29) is 5.91 Å². The third kappa shape index (κ3) is 3.45. The number of amides is 1. The zero-order valence-corrected chi connectivity index (χ0v) is 13.1. The molecule has 0 atom stereocenters. The molecule has 0 unspecified atom stereocenters. The van der Waals surface area contributed by atoms with Crippen molar-refractivity contribution in [2.24, 2.45) is 7.05 Å². The number of benzene rings is 1. The maximum absolute atomic E-state index is 12.1. The number of nitrogens with one attached hydrogen (secondary N) is 1. The second-order valence-electron chi connectivity index (χ2n) is 5.26. The number of carbonyl (C=O) groups excluding carboxylic acids is 1. The molecule has 23 heavy (non-hydrogen) atoms. The van der Waals surface area contributed by atoms with Gasteiger partial charge in [-0.3, -0.25) is 9.48 Å². The third-order valence-corrected chi connectivity index (χ3v) is 3.43. The van der Waals surface area contributed by atoms with Gasteiger partial charge in [-0.1, -0.05) is 18.2 Å². The van der Waals surface area contributed by atoms with E-state index < -0.39 is 0 Å². The van der Waals surface area contributed by atoms with Gasteiger partial charge in [0, 0.05) is 20.0 Å². The minimum absolute atomic E-state index is 0.136. The fourth-order valence-electron chi connectivity index (χ4n) is 2.31. The average molecular weight is 310 g/mol. The average Bonchev–Trinajstić information content (AvgIpc) is 3.14. The minimum Gasteiger partial charge on any atom is -0.350 e. The molecular formula is C16H18N6O.